The number of benzene rings is 1. The van der Waals surface area contributed by atoms with E-state index in [2.05, 4.69) is 119 Å². The summed E-state index contributed by atoms with van der Waals surface area (Å²) >= 11 is 0. The number of carbonyl (C=O) groups excluding carboxylic acids is 4. The smallest absolute Gasteiger partial charge is 0.339 e. The standard InChI is InChI=1S/C41H65N3O7/c1-25(45)29-17-31(34(47)50-27-21-38(6,7)43(15)39(8,9)22-27)32(35(48)51-28-23-40(10,11)44(16)41(12,13)24-28)18-30(29)33(46)49-26-19-36(2,3)42(14)37(4,5)20-26/h17-18,26-28H,19-24H2,1-16H3. The highest BCUT2D eigenvalue weighted by Crippen LogP contribution is 2.41. The SMILES string of the molecule is CC(=O)c1cc(C(=O)OC2CC(C)(C)N(C)C(C)(C)C2)c(C(=O)OC2CC(C)(C)N(C)C(C)(C)C2)cc1C(=O)OC1CC(C)(C)N(C)C(C)(C)C1. The summed E-state index contributed by atoms with van der Waals surface area (Å²) in [6.07, 6.45) is 2.25. The van der Waals surface area contributed by atoms with Crippen molar-refractivity contribution < 1.29 is 33.4 Å². The Kier molecular flexibility index (Phi) is 10.9. The molecule has 0 amide bonds. The maximum absolute atomic E-state index is 14.2. The van der Waals surface area contributed by atoms with E-state index in [0.717, 1.165) is 0 Å². The zero-order valence-corrected chi connectivity index (χ0v) is 34.3. The van der Waals surface area contributed by atoms with Gasteiger partial charge in [-0.2, -0.15) is 0 Å². The molecule has 0 N–H and O–H groups in total. The Morgan fingerprint density at radius 3 is 0.863 bits per heavy atom. The van der Waals surface area contributed by atoms with Gasteiger partial charge in [-0.15, -0.1) is 0 Å². The van der Waals surface area contributed by atoms with Crippen LogP contribution < -0.4 is 0 Å². The van der Waals surface area contributed by atoms with E-state index in [9.17, 15) is 19.2 Å². The highest BCUT2D eigenvalue weighted by atomic mass is 16.6. The molecular formula is C41H65N3O7. The lowest BCUT2D eigenvalue weighted by molar-refractivity contribution is -0.0752. The number of ether oxygens (including phenoxy) is 3. The molecule has 3 aliphatic rings. The number of esters is 3. The Labute approximate surface area is 306 Å². The summed E-state index contributed by atoms with van der Waals surface area (Å²) < 4.78 is 18.5. The molecule has 0 unspecified atom stereocenters. The van der Waals surface area contributed by atoms with Crippen LogP contribution in [0.4, 0.5) is 0 Å². The second-order valence-corrected chi connectivity index (χ2v) is 19.4. The molecule has 4 rings (SSSR count). The van der Waals surface area contributed by atoms with E-state index in [1.165, 1.54) is 19.1 Å². The molecule has 10 heteroatoms. The molecule has 286 valence electrons. The molecule has 10 nitrogen and oxygen atoms in total. The van der Waals surface area contributed by atoms with E-state index in [1.807, 2.05) is 0 Å². The van der Waals surface area contributed by atoms with Crippen molar-refractivity contribution in [2.75, 3.05) is 21.1 Å². The van der Waals surface area contributed by atoms with Crippen molar-refractivity contribution in [2.45, 2.75) is 180 Å². The van der Waals surface area contributed by atoms with Gasteiger partial charge >= 0.3 is 17.9 Å². The first-order chi connectivity index (χ1) is 23.0. The van der Waals surface area contributed by atoms with Gasteiger partial charge in [0.1, 0.15) is 18.3 Å². The van der Waals surface area contributed by atoms with Gasteiger partial charge in [0, 0.05) is 77.3 Å². The topological polar surface area (TPSA) is 106 Å². The molecule has 0 spiro atoms. The summed E-state index contributed by atoms with van der Waals surface area (Å²) in [5, 5.41) is 0. The first-order valence-electron chi connectivity index (χ1n) is 18.5. The molecule has 0 bridgehead atoms. The summed E-state index contributed by atoms with van der Waals surface area (Å²) in [6, 6.07) is 2.64. The van der Waals surface area contributed by atoms with E-state index in [1.54, 1.807) is 0 Å². The number of ketones is 1. The minimum Gasteiger partial charge on any atom is -0.459 e. The molecule has 3 saturated heterocycles. The molecule has 3 aliphatic heterocycles. The number of likely N-dealkylation sites (tertiary alicyclic amines) is 3. The molecule has 1 aromatic carbocycles. The first-order valence-corrected chi connectivity index (χ1v) is 18.5. The molecular weight excluding hydrogens is 646 g/mol. The fourth-order valence-corrected chi connectivity index (χ4v) is 9.13. The van der Waals surface area contributed by atoms with Crippen LogP contribution in [0, 0.1) is 0 Å². The second kappa shape index (κ2) is 13.5. The Bertz CT molecular complexity index is 1500. The zero-order chi connectivity index (χ0) is 38.9. The number of Topliss-reactive ketones (excluding diaryl/α,β-unsaturated/α-hetero) is 1. The maximum Gasteiger partial charge on any atom is 0.339 e. The third-order valence-corrected chi connectivity index (χ3v) is 12.8. The monoisotopic (exact) mass is 711 g/mol. The third-order valence-electron chi connectivity index (χ3n) is 12.8. The Morgan fingerprint density at radius 1 is 0.451 bits per heavy atom. The summed E-state index contributed by atoms with van der Waals surface area (Å²) in [5.41, 5.74) is -1.78. The van der Waals surface area contributed by atoms with Gasteiger partial charge in [-0.1, -0.05) is 0 Å². The van der Waals surface area contributed by atoms with E-state index in [4.69, 9.17) is 14.2 Å². The lowest BCUT2D eigenvalue weighted by Crippen LogP contribution is -2.60. The first kappa shape index (κ1) is 40.9. The molecule has 0 aromatic heterocycles. The highest BCUT2D eigenvalue weighted by Gasteiger charge is 2.47. The number of hydrogen-bond acceptors (Lipinski definition) is 10. The lowest BCUT2D eigenvalue weighted by Gasteiger charge is -2.53. The predicted octanol–water partition coefficient (Wildman–Crippen LogP) is 7.31. The molecule has 51 heavy (non-hydrogen) atoms. The summed E-state index contributed by atoms with van der Waals surface area (Å²) in [5.74, 6) is -2.61. The van der Waals surface area contributed by atoms with Crippen molar-refractivity contribution >= 4 is 23.7 Å². The van der Waals surface area contributed by atoms with E-state index >= 15 is 0 Å². The zero-order valence-electron chi connectivity index (χ0n) is 34.3. The van der Waals surface area contributed by atoms with Crippen LogP contribution in [0.25, 0.3) is 0 Å². The Balaban J connectivity index is 1.75. The molecule has 1 aromatic rings. The largest absolute Gasteiger partial charge is 0.459 e. The van der Waals surface area contributed by atoms with Crippen molar-refractivity contribution in [3.63, 3.8) is 0 Å². The van der Waals surface area contributed by atoms with Gasteiger partial charge in [-0.05, 0) is 123 Å². The van der Waals surface area contributed by atoms with Gasteiger partial charge in [0.25, 0.3) is 0 Å². The summed E-state index contributed by atoms with van der Waals surface area (Å²) in [6.45, 7) is 26.7. The van der Waals surface area contributed by atoms with E-state index < -0.39 is 42.0 Å². The second-order valence-electron chi connectivity index (χ2n) is 19.4. The van der Waals surface area contributed by atoms with Crippen LogP contribution >= 0.6 is 0 Å². The summed E-state index contributed by atoms with van der Waals surface area (Å²) in [4.78, 5) is 62.4. The number of hydrogen-bond donors (Lipinski definition) is 0. The third kappa shape index (κ3) is 8.38. The highest BCUT2D eigenvalue weighted by molar-refractivity contribution is 6.11. The summed E-state index contributed by atoms with van der Waals surface area (Å²) in [7, 11) is 6.21. The molecule has 0 atom stereocenters. The minimum absolute atomic E-state index is 0.000503. The van der Waals surface area contributed by atoms with Crippen LogP contribution in [0.3, 0.4) is 0 Å². The van der Waals surface area contributed by atoms with Gasteiger partial charge in [0.2, 0.25) is 0 Å². The van der Waals surface area contributed by atoms with Crippen molar-refractivity contribution in [2.24, 2.45) is 0 Å². The van der Waals surface area contributed by atoms with Gasteiger partial charge in [0.15, 0.2) is 5.78 Å². The van der Waals surface area contributed by atoms with Gasteiger partial charge in [-0.25, -0.2) is 14.4 Å². The van der Waals surface area contributed by atoms with E-state index in [0.29, 0.717) is 38.5 Å². The average Bonchev–Trinajstić information content (AvgIpc) is 2.95. The quantitative estimate of drug-likeness (QED) is 0.162. The van der Waals surface area contributed by atoms with Crippen LogP contribution in [0.1, 0.15) is 170 Å². The normalized spacial score (nSPS) is 25.2. The number of nitrogens with zero attached hydrogens (tertiary/aromatic N) is 3. The van der Waals surface area contributed by atoms with Crippen molar-refractivity contribution in [3.8, 4) is 0 Å². The van der Waals surface area contributed by atoms with E-state index in [-0.39, 0.29) is 55.5 Å². The fraction of sp³-hybridized carbons (Fsp3) is 0.756. The maximum atomic E-state index is 14.2. The number of carbonyl (C=O) groups is 4. The molecule has 0 aliphatic carbocycles. The van der Waals surface area contributed by atoms with Crippen molar-refractivity contribution in [1.82, 2.24) is 14.7 Å². The van der Waals surface area contributed by atoms with Gasteiger partial charge < -0.3 is 14.2 Å². The van der Waals surface area contributed by atoms with Gasteiger partial charge in [0.05, 0.1) is 16.7 Å². The van der Waals surface area contributed by atoms with Crippen LogP contribution in [0.5, 0.6) is 0 Å². The molecule has 0 saturated carbocycles. The average molecular weight is 712 g/mol. The van der Waals surface area contributed by atoms with Crippen LogP contribution in [-0.2, 0) is 14.2 Å². The van der Waals surface area contributed by atoms with Crippen molar-refractivity contribution in [1.29, 1.82) is 0 Å². The molecule has 0 radical (unpaired) electrons. The van der Waals surface area contributed by atoms with Gasteiger partial charge in [-0.3, -0.25) is 19.5 Å². The molecule has 3 fully saturated rings. The number of piperidine rings is 3. The predicted molar refractivity (Wildman–Crippen MR) is 200 cm³/mol. The molecule has 3 heterocycles. The minimum atomic E-state index is -0.738. The lowest BCUT2D eigenvalue weighted by atomic mass is 9.78. The van der Waals surface area contributed by atoms with Crippen LogP contribution in [0.2, 0.25) is 0 Å². The Morgan fingerprint density at radius 2 is 0.647 bits per heavy atom. The number of rotatable bonds is 7. The fourth-order valence-electron chi connectivity index (χ4n) is 9.13. The van der Waals surface area contributed by atoms with Crippen LogP contribution in [0.15, 0.2) is 12.1 Å². The Hall–Kier alpha value is -2.82. The van der Waals surface area contributed by atoms with Crippen LogP contribution in [-0.4, -0.2) is 111 Å². The van der Waals surface area contributed by atoms with Crippen molar-refractivity contribution in [3.05, 3.63) is 34.4 Å².